The fraction of sp³-hybridized carbons (Fsp3) is 0.889. The normalized spacial score (nSPS) is 11.5. The van der Waals surface area contributed by atoms with Gasteiger partial charge in [-0.25, -0.2) is 0 Å². The van der Waals surface area contributed by atoms with Crippen molar-refractivity contribution in [3.8, 4) is 0 Å². The Labute approximate surface area is 68.6 Å². The molecule has 2 nitrogen and oxygen atoms in total. The smallest absolute Gasteiger partial charge is 0.303 e. The maximum Gasteiger partial charge on any atom is 0.303 e. The van der Waals surface area contributed by atoms with Crippen molar-refractivity contribution in [1.29, 1.82) is 0 Å². The Hall–Kier alpha value is -0.530. The van der Waals surface area contributed by atoms with Gasteiger partial charge < -0.3 is 5.11 Å². The van der Waals surface area contributed by atoms with E-state index in [4.69, 9.17) is 5.11 Å². The van der Waals surface area contributed by atoms with Crippen LogP contribution < -0.4 is 0 Å². The Morgan fingerprint density at radius 3 is 2.36 bits per heavy atom. The van der Waals surface area contributed by atoms with Gasteiger partial charge in [-0.1, -0.05) is 27.2 Å². The second kappa shape index (κ2) is 4.37. The summed E-state index contributed by atoms with van der Waals surface area (Å²) in [4.78, 5) is 10.2. The van der Waals surface area contributed by atoms with Crippen LogP contribution in [0.2, 0.25) is 0 Å². The highest BCUT2D eigenvalue weighted by Gasteiger charge is 2.14. The summed E-state index contributed by atoms with van der Waals surface area (Å²) in [5.74, 6) is -0.683. The summed E-state index contributed by atoms with van der Waals surface area (Å²) < 4.78 is 0. The fourth-order valence-corrected chi connectivity index (χ4v) is 0.895. The third-order valence-electron chi connectivity index (χ3n) is 2.20. The molecule has 0 bridgehead atoms. The fourth-order valence-electron chi connectivity index (χ4n) is 0.895. The zero-order chi connectivity index (χ0) is 8.91. The van der Waals surface area contributed by atoms with E-state index < -0.39 is 5.97 Å². The maximum atomic E-state index is 10.2. The van der Waals surface area contributed by atoms with Crippen molar-refractivity contribution in [3.05, 3.63) is 0 Å². The molecule has 0 aliphatic carbocycles. The molecule has 0 aromatic rings. The highest BCUT2D eigenvalue weighted by Crippen LogP contribution is 2.26. The molecule has 1 N–H and O–H groups in total. The molecule has 0 unspecified atom stereocenters. The van der Waals surface area contributed by atoms with Crippen LogP contribution in [0.4, 0.5) is 0 Å². The van der Waals surface area contributed by atoms with Crippen molar-refractivity contribution in [1.82, 2.24) is 0 Å². The Morgan fingerprint density at radius 2 is 2.00 bits per heavy atom. The van der Waals surface area contributed by atoms with Crippen LogP contribution in [-0.4, -0.2) is 11.1 Å². The maximum absolute atomic E-state index is 10.2. The zero-order valence-electron chi connectivity index (χ0n) is 7.68. The molecule has 0 aromatic carbocycles. The molecular formula is C9H18O2. The van der Waals surface area contributed by atoms with E-state index in [0.29, 0.717) is 11.8 Å². The SMILES string of the molecule is CCC(C)(C)CCCC(=O)O. The van der Waals surface area contributed by atoms with Crippen LogP contribution in [0.15, 0.2) is 0 Å². The predicted molar refractivity (Wildman–Crippen MR) is 45.6 cm³/mol. The van der Waals surface area contributed by atoms with Crippen LogP contribution in [0.25, 0.3) is 0 Å². The standard InChI is InChI=1S/C9H18O2/c1-4-9(2,3)7-5-6-8(10)11/h4-7H2,1-3H3,(H,10,11). The number of rotatable bonds is 5. The summed E-state index contributed by atoms with van der Waals surface area (Å²) >= 11 is 0. The van der Waals surface area contributed by atoms with Crippen LogP contribution in [0, 0.1) is 5.41 Å². The van der Waals surface area contributed by atoms with Crippen molar-refractivity contribution in [2.24, 2.45) is 5.41 Å². The van der Waals surface area contributed by atoms with Crippen molar-refractivity contribution >= 4 is 5.97 Å². The van der Waals surface area contributed by atoms with Crippen LogP contribution >= 0.6 is 0 Å². The van der Waals surface area contributed by atoms with E-state index in [0.717, 1.165) is 19.3 Å². The second-order valence-corrected chi connectivity index (χ2v) is 3.77. The molecule has 0 spiro atoms. The van der Waals surface area contributed by atoms with Gasteiger partial charge in [0.05, 0.1) is 0 Å². The number of aliphatic carboxylic acids is 1. The lowest BCUT2D eigenvalue weighted by Gasteiger charge is -2.21. The lowest BCUT2D eigenvalue weighted by Crippen LogP contribution is -2.10. The monoisotopic (exact) mass is 158 g/mol. The van der Waals surface area contributed by atoms with Crippen LogP contribution in [0.1, 0.15) is 46.5 Å². The Bertz CT molecular complexity index is 128. The minimum Gasteiger partial charge on any atom is -0.481 e. The summed E-state index contributed by atoms with van der Waals surface area (Å²) in [6.45, 7) is 6.49. The molecule has 66 valence electrons. The molecule has 0 saturated heterocycles. The van der Waals surface area contributed by atoms with E-state index in [1.165, 1.54) is 0 Å². The summed E-state index contributed by atoms with van der Waals surface area (Å²) in [5, 5.41) is 8.38. The van der Waals surface area contributed by atoms with Crippen LogP contribution in [0.3, 0.4) is 0 Å². The highest BCUT2D eigenvalue weighted by atomic mass is 16.4. The van der Waals surface area contributed by atoms with Crippen LogP contribution in [0.5, 0.6) is 0 Å². The number of carboxylic acids is 1. The van der Waals surface area contributed by atoms with Gasteiger partial charge in [0.1, 0.15) is 0 Å². The van der Waals surface area contributed by atoms with Crippen LogP contribution in [-0.2, 0) is 4.79 Å². The van der Waals surface area contributed by atoms with Gasteiger partial charge in [-0.2, -0.15) is 0 Å². The first kappa shape index (κ1) is 10.5. The highest BCUT2D eigenvalue weighted by molar-refractivity contribution is 5.66. The number of carboxylic acid groups (broad SMARTS) is 1. The average molecular weight is 158 g/mol. The van der Waals surface area contributed by atoms with Crippen molar-refractivity contribution in [2.75, 3.05) is 0 Å². The molecule has 0 aromatic heterocycles. The van der Waals surface area contributed by atoms with Gasteiger partial charge in [0.25, 0.3) is 0 Å². The minimum absolute atomic E-state index is 0.309. The predicted octanol–water partition coefficient (Wildman–Crippen LogP) is 2.68. The Morgan fingerprint density at radius 1 is 1.45 bits per heavy atom. The molecule has 2 heteroatoms. The molecule has 0 saturated carbocycles. The van der Waals surface area contributed by atoms with E-state index in [1.807, 2.05) is 0 Å². The first-order chi connectivity index (χ1) is 4.98. The average Bonchev–Trinajstić information content (AvgIpc) is 1.87. The lowest BCUT2D eigenvalue weighted by molar-refractivity contribution is -0.137. The van der Waals surface area contributed by atoms with Crippen molar-refractivity contribution in [3.63, 3.8) is 0 Å². The van der Waals surface area contributed by atoms with Gasteiger partial charge in [0.2, 0.25) is 0 Å². The quantitative estimate of drug-likeness (QED) is 0.668. The summed E-state index contributed by atoms with van der Waals surface area (Å²) in [5.41, 5.74) is 0.315. The largest absolute Gasteiger partial charge is 0.481 e. The van der Waals surface area contributed by atoms with E-state index in [1.54, 1.807) is 0 Å². The van der Waals surface area contributed by atoms with Gasteiger partial charge >= 0.3 is 5.97 Å². The molecular weight excluding hydrogens is 140 g/mol. The third-order valence-corrected chi connectivity index (χ3v) is 2.20. The third kappa shape index (κ3) is 5.89. The van der Waals surface area contributed by atoms with E-state index in [9.17, 15) is 4.79 Å². The lowest BCUT2D eigenvalue weighted by atomic mass is 9.85. The number of hydrogen-bond acceptors (Lipinski definition) is 1. The molecule has 0 rings (SSSR count). The summed E-state index contributed by atoms with van der Waals surface area (Å²) in [7, 11) is 0. The minimum atomic E-state index is -0.683. The molecule has 0 radical (unpaired) electrons. The molecule has 0 atom stereocenters. The van der Waals surface area contributed by atoms with Crippen molar-refractivity contribution < 1.29 is 9.90 Å². The molecule has 11 heavy (non-hydrogen) atoms. The Kier molecular flexibility index (Phi) is 4.16. The molecule has 0 aliphatic heterocycles. The molecule has 0 fully saturated rings. The topological polar surface area (TPSA) is 37.3 Å². The Balaban J connectivity index is 3.45. The van der Waals surface area contributed by atoms with E-state index in [-0.39, 0.29) is 0 Å². The first-order valence-corrected chi connectivity index (χ1v) is 4.20. The first-order valence-electron chi connectivity index (χ1n) is 4.20. The van der Waals surface area contributed by atoms with Gasteiger partial charge in [0, 0.05) is 6.42 Å². The number of carbonyl (C=O) groups is 1. The van der Waals surface area contributed by atoms with E-state index >= 15 is 0 Å². The van der Waals surface area contributed by atoms with E-state index in [2.05, 4.69) is 20.8 Å². The van der Waals surface area contributed by atoms with Crippen molar-refractivity contribution in [2.45, 2.75) is 46.5 Å². The summed E-state index contributed by atoms with van der Waals surface area (Å²) in [6, 6.07) is 0. The molecule has 0 aliphatic rings. The number of hydrogen-bond donors (Lipinski definition) is 1. The molecule has 0 amide bonds. The summed E-state index contributed by atoms with van der Waals surface area (Å²) in [6.07, 6.45) is 3.24. The van der Waals surface area contributed by atoms with Gasteiger partial charge in [-0.15, -0.1) is 0 Å². The molecule has 0 heterocycles. The zero-order valence-corrected chi connectivity index (χ0v) is 7.68. The van der Waals surface area contributed by atoms with Gasteiger partial charge in [-0.3, -0.25) is 4.79 Å². The van der Waals surface area contributed by atoms with Gasteiger partial charge in [0.15, 0.2) is 0 Å². The van der Waals surface area contributed by atoms with Gasteiger partial charge in [-0.05, 0) is 18.3 Å². The second-order valence-electron chi connectivity index (χ2n) is 3.77.